The van der Waals surface area contributed by atoms with Gasteiger partial charge in [0.2, 0.25) is 11.6 Å². The van der Waals surface area contributed by atoms with Crippen LogP contribution in [0.4, 0.5) is 0 Å². The number of aromatic nitrogens is 1. The Kier molecular flexibility index (Phi) is 4.71. The number of ketones is 2. The third-order valence-corrected chi connectivity index (χ3v) is 5.55. The normalized spacial score (nSPS) is 24.0. The maximum Gasteiger partial charge on any atom is 0.210 e. The fourth-order valence-corrected chi connectivity index (χ4v) is 4.10. The van der Waals surface area contributed by atoms with Crippen molar-refractivity contribution in [1.29, 1.82) is 0 Å². The average Bonchev–Trinajstić information content (AvgIpc) is 3.05. The van der Waals surface area contributed by atoms with Crippen LogP contribution in [-0.4, -0.2) is 39.3 Å². The zero-order valence-electron chi connectivity index (χ0n) is 12.7. The molecule has 1 aromatic heterocycles. The van der Waals surface area contributed by atoms with Crippen molar-refractivity contribution in [3.8, 4) is 0 Å². The summed E-state index contributed by atoms with van der Waals surface area (Å²) in [6.07, 6.45) is 6.91. The fourth-order valence-electron chi connectivity index (χ4n) is 3.04. The number of Topliss-reactive ketones (excluding diaryl/α,β-unsaturated/α-hetero) is 2. The number of pyridine rings is 1. The molecule has 22 heavy (non-hydrogen) atoms. The number of carbonyl (C=O) groups is 2. The van der Waals surface area contributed by atoms with E-state index in [2.05, 4.69) is 11.9 Å². The minimum atomic E-state index is -0.476. The van der Waals surface area contributed by atoms with E-state index < -0.39 is 5.25 Å². The molecule has 0 N–H and O–H groups in total. The highest BCUT2D eigenvalue weighted by molar-refractivity contribution is 8.01. The van der Waals surface area contributed by atoms with Crippen molar-refractivity contribution in [3.63, 3.8) is 0 Å². The molecule has 1 fully saturated rings. The van der Waals surface area contributed by atoms with Crippen LogP contribution < -0.4 is 0 Å². The number of aliphatic imine (C=N–C) groups is 1. The number of hydrogen-bond donors (Lipinski definition) is 0. The third kappa shape index (κ3) is 2.86. The molecule has 4 nitrogen and oxygen atoms in total. The lowest BCUT2D eigenvalue weighted by Crippen LogP contribution is -2.41. The van der Waals surface area contributed by atoms with Gasteiger partial charge < -0.3 is 0 Å². The molecular weight excluding hydrogens is 296 g/mol. The molecule has 3 rings (SSSR count). The van der Waals surface area contributed by atoms with E-state index in [4.69, 9.17) is 4.99 Å². The molecule has 0 aliphatic heterocycles. The Hall–Kier alpha value is -1.49. The third-order valence-electron chi connectivity index (χ3n) is 4.14. The van der Waals surface area contributed by atoms with E-state index in [1.165, 1.54) is 11.8 Å². The molecule has 5 heteroatoms. The lowest BCUT2D eigenvalue weighted by Gasteiger charge is -2.24. The van der Waals surface area contributed by atoms with Gasteiger partial charge >= 0.3 is 0 Å². The molecule has 1 unspecified atom stereocenters. The van der Waals surface area contributed by atoms with Crippen LogP contribution in [0.25, 0.3) is 0 Å². The first-order valence-electron chi connectivity index (χ1n) is 7.95. The van der Waals surface area contributed by atoms with Gasteiger partial charge in [-0.05, 0) is 37.1 Å². The van der Waals surface area contributed by atoms with Gasteiger partial charge in [-0.15, -0.1) is 11.8 Å². The van der Waals surface area contributed by atoms with Crippen LogP contribution in [0.15, 0.2) is 23.3 Å². The first-order chi connectivity index (χ1) is 10.7. The number of rotatable bonds is 4. The molecule has 1 saturated carbocycles. The predicted octanol–water partition coefficient (Wildman–Crippen LogP) is 3.36. The molecule has 2 aliphatic carbocycles. The Morgan fingerprint density at radius 3 is 2.82 bits per heavy atom. The van der Waals surface area contributed by atoms with E-state index in [1.54, 1.807) is 18.3 Å². The van der Waals surface area contributed by atoms with E-state index >= 15 is 0 Å². The monoisotopic (exact) mass is 316 g/mol. The van der Waals surface area contributed by atoms with E-state index in [9.17, 15) is 9.59 Å². The van der Waals surface area contributed by atoms with Gasteiger partial charge in [-0.3, -0.25) is 19.6 Å². The number of carbonyl (C=O) groups excluding carboxylic acids is 2. The second-order valence-corrected chi connectivity index (χ2v) is 7.01. The second kappa shape index (κ2) is 6.73. The van der Waals surface area contributed by atoms with E-state index in [0.717, 1.165) is 37.9 Å². The lowest BCUT2D eigenvalue weighted by molar-refractivity contribution is 0.0964. The molecule has 0 amide bonds. The number of nitrogens with zero attached hydrogens (tertiary/aromatic N) is 2. The first kappa shape index (κ1) is 15.4. The van der Waals surface area contributed by atoms with Crippen molar-refractivity contribution in [3.05, 3.63) is 29.6 Å². The van der Waals surface area contributed by atoms with Crippen molar-refractivity contribution in [1.82, 2.24) is 4.98 Å². The van der Waals surface area contributed by atoms with Gasteiger partial charge in [0.25, 0.3) is 0 Å². The van der Waals surface area contributed by atoms with Crippen molar-refractivity contribution < 1.29 is 9.59 Å². The molecule has 1 aromatic rings. The van der Waals surface area contributed by atoms with Crippen molar-refractivity contribution >= 4 is 29.0 Å². The predicted molar refractivity (Wildman–Crippen MR) is 89.1 cm³/mol. The summed E-state index contributed by atoms with van der Waals surface area (Å²) in [4.78, 5) is 34.4. The topological polar surface area (TPSA) is 59.4 Å². The lowest BCUT2D eigenvalue weighted by atomic mass is 9.91. The molecular formula is C17H20N2O2S. The highest BCUT2D eigenvalue weighted by atomic mass is 32.2. The molecule has 0 bridgehead atoms. The summed E-state index contributed by atoms with van der Waals surface area (Å²) in [5.41, 5.74) is 1.18. The number of fused-ring (bicyclic) bond motifs is 1. The van der Waals surface area contributed by atoms with Crippen LogP contribution in [0, 0.1) is 0 Å². The summed E-state index contributed by atoms with van der Waals surface area (Å²) in [5.74, 6) is 0.670. The first-order valence-corrected chi connectivity index (χ1v) is 9.00. The van der Waals surface area contributed by atoms with Gasteiger partial charge in [-0.2, -0.15) is 0 Å². The van der Waals surface area contributed by atoms with Crippen molar-refractivity contribution in [2.45, 2.75) is 50.3 Å². The molecule has 1 heterocycles. The SMILES string of the molecule is CCCSC1C(=O)c2ncccc2C(=O)C1=NC1CCCC1. The standard InChI is InChI=1S/C17H20N2O2S/c1-2-10-22-17-14(19-11-6-3-4-7-11)15(20)12-8-5-9-18-13(12)16(17)21/h5,8-9,11,17H,2-4,6-7,10H2,1H3. The van der Waals surface area contributed by atoms with Crippen LogP contribution in [-0.2, 0) is 0 Å². The molecule has 0 saturated heterocycles. The molecule has 1 atom stereocenters. The largest absolute Gasteiger partial charge is 0.291 e. The minimum absolute atomic E-state index is 0.0644. The highest BCUT2D eigenvalue weighted by Crippen LogP contribution is 2.29. The quantitative estimate of drug-likeness (QED) is 0.854. The molecule has 116 valence electrons. The van der Waals surface area contributed by atoms with Crippen molar-refractivity contribution in [2.24, 2.45) is 4.99 Å². The molecule has 2 aliphatic rings. The van der Waals surface area contributed by atoms with Gasteiger partial charge in [-0.25, -0.2) is 0 Å². The Morgan fingerprint density at radius 2 is 2.09 bits per heavy atom. The summed E-state index contributed by atoms with van der Waals surface area (Å²) in [6.45, 7) is 2.07. The second-order valence-electron chi connectivity index (χ2n) is 5.80. The molecule has 0 spiro atoms. The summed E-state index contributed by atoms with van der Waals surface area (Å²) in [7, 11) is 0. The van der Waals surface area contributed by atoms with Gasteiger partial charge in [-0.1, -0.05) is 19.8 Å². The Labute approximate surface area is 134 Å². The molecule has 0 aromatic carbocycles. The van der Waals surface area contributed by atoms with Crippen LogP contribution in [0.5, 0.6) is 0 Å². The summed E-state index contributed by atoms with van der Waals surface area (Å²) in [5, 5.41) is -0.476. The van der Waals surface area contributed by atoms with Crippen LogP contribution in [0.1, 0.15) is 59.9 Å². The van der Waals surface area contributed by atoms with E-state index in [-0.39, 0.29) is 17.6 Å². The highest BCUT2D eigenvalue weighted by Gasteiger charge is 2.40. The van der Waals surface area contributed by atoms with Gasteiger partial charge in [0.1, 0.15) is 16.7 Å². The van der Waals surface area contributed by atoms with Crippen LogP contribution >= 0.6 is 11.8 Å². The van der Waals surface area contributed by atoms with Crippen LogP contribution in [0.3, 0.4) is 0 Å². The maximum atomic E-state index is 12.8. The minimum Gasteiger partial charge on any atom is -0.291 e. The Bertz CT molecular complexity index is 621. The summed E-state index contributed by atoms with van der Waals surface area (Å²) >= 11 is 1.52. The number of thioether (sulfide) groups is 1. The zero-order valence-corrected chi connectivity index (χ0v) is 13.6. The van der Waals surface area contributed by atoms with E-state index in [1.807, 2.05) is 0 Å². The Morgan fingerprint density at radius 1 is 1.32 bits per heavy atom. The van der Waals surface area contributed by atoms with Crippen molar-refractivity contribution in [2.75, 3.05) is 5.75 Å². The molecule has 0 radical (unpaired) electrons. The van der Waals surface area contributed by atoms with Gasteiger partial charge in [0, 0.05) is 6.20 Å². The fraction of sp³-hybridized carbons (Fsp3) is 0.529. The maximum absolute atomic E-state index is 12.8. The number of hydrogen-bond acceptors (Lipinski definition) is 5. The van der Waals surface area contributed by atoms with Gasteiger partial charge in [0.15, 0.2) is 0 Å². The average molecular weight is 316 g/mol. The smallest absolute Gasteiger partial charge is 0.210 e. The summed E-state index contributed by atoms with van der Waals surface area (Å²) in [6, 6.07) is 3.60. The zero-order chi connectivity index (χ0) is 15.5. The van der Waals surface area contributed by atoms with Crippen LogP contribution in [0.2, 0.25) is 0 Å². The Balaban J connectivity index is 2.00. The summed E-state index contributed by atoms with van der Waals surface area (Å²) < 4.78 is 0. The van der Waals surface area contributed by atoms with Gasteiger partial charge in [0.05, 0.1) is 11.6 Å². The van der Waals surface area contributed by atoms with E-state index in [0.29, 0.717) is 17.0 Å².